The molecule has 1 saturated heterocycles. The molecule has 2 aliphatic heterocycles. The number of nitrogens with one attached hydrogen (secondary N) is 1. The fraction of sp³-hybridized carbons (Fsp3) is 0.435. The van der Waals surface area contributed by atoms with E-state index in [2.05, 4.69) is 5.32 Å². The predicted molar refractivity (Wildman–Crippen MR) is 127 cm³/mol. The molecule has 2 unspecified atom stereocenters. The van der Waals surface area contributed by atoms with Gasteiger partial charge in [0.1, 0.15) is 29.1 Å². The lowest BCUT2D eigenvalue weighted by atomic mass is 9.80. The second-order valence-electron chi connectivity index (χ2n) is 8.46. The van der Waals surface area contributed by atoms with Crippen LogP contribution < -0.4 is 15.8 Å². The maximum Gasteiger partial charge on any atom is 0.355 e. The number of hydrogen-bond acceptors (Lipinski definition) is 8. The molecular weight excluding hydrogens is 482 g/mol. The fourth-order valence-corrected chi connectivity index (χ4v) is 6.96. The Morgan fingerprint density at radius 3 is 2.79 bits per heavy atom. The van der Waals surface area contributed by atoms with Crippen molar-refractivity contribution in [3.63, 3.8) is 0 Å². The van der Waals surface area contributed by atoms with E-state index >= 15 is 0 Å². The summed E-state index contributed by atoms with van der Waals surface area (Å²) in [5.41, 5.74) is 5.60. The van der Waals surface area contributed by atoms with Gasteiger partial charge < -0.3 is 25.3 Å². The number of carbonyl (C=O) groups excluding carboxylic acids is 1. The predicted octanol–water partition coefficient (Wildman–Crippen LogP) is 2.18. The summed E-state index contributed by atoms with van der Waals surface area (Å²) >= 11 is 6.32. The average Bonchev–Trinajstić information content (AvgIpc) is 3.12. The van der Waals surface area contributed by atoms with Gasteiger partial charge in [0.25, 0.3) is 0 Å². The number of benzene rings is 1. The largest absolute Gasteiger partial charge is 0.491 e. The molecule has 9 nitrogen and oxygen atoms in total. The molecule has 0 radical (unpaired) electrons. The van der Waals surface area contributed by atoms with Crippen LogP contribution in [0.25, 0.3) is 0 Å². The minimum atomic E-state index is -4.13. The molecule has 34 heavy (non-hydrogen) atoms. The number of nitrogens with zero attached hydrogens (tertiary/aromatic N) is 1. The molecule has 1 aromatic carbocycles. The van der Waals surface area contributed by atoms with Crippen molar-refractivity contribution in [3.05, 3.63) is 63.4 Å². The van der Waals surface area contributed by atoms with Crippen LogP contribution in [0.1, 0.15) is 20.3 Å². The third kappa shape index (κ3) is 4.55. The van der Waals surface area contributed by atoms with Gasteiger partial charge in [0.2, 0.25) is 10.0 Å². The molecule has 1 aromatic rings. The first-order valence-electron chi connectivity index (χ1n) is 11.0. The zero-order chi connectivity index (χ0) is 24.5. The first-order valence-corrected chi connectivity index (χ1v) is 12.8. The normalized spacial score (nSPS) is 25.5. The van der Waals surface area contributed by atoms with Gasteiger partial charge in [0.05, 0.1) is 30.0 Å². The molecule has 2 heterocycles. The van der Waals surface area contributed by atoms with Crippen LogP contribution in [0.3, 0.4) is 0 Å². The Hall–Kier alpha value is -2.53. The van der Waals surface area contributed by atoms with Gasteiger partial charge in [0, 0.05) is 18.1 Å². The molecule has 3 N–H and O–H groups in total. The second-order valence-corrected chi connectivity index (χ2v) is 10.8. The van der Waals surface area contributed by atoms with Crippen LogP contribution in [0.2, 0.25) is 0 Å². The number of sulfonamides is 1. The molecule has 0 aromatic heterocycles. The summed E-state index contributed by atoms with van der Waals surface area (Å²) in [5.74, 6) is -0.0925. The van der Waals surface area contributed by atoms with Crippen LogP contribution in [0.4, 0.5) is 0 Å². The van der Waals surface area contributed by atoms with Gasteiger partial charge in [0.15, 0.2) is 0 Å². The highest BCUT2D eigenvalue weighted by molar-refractivity contribution is 7.93. The number of fused-ring (bicyclic) bond motifs is 1. The van der Waals surface area contributed by atoms with Crippen molar-refractivity contribution < 1.29 is 27.4 Å². The maximum absolute atomic E-state index is 14.0. The Bertz CT molecular complexity index is 1160. The van der Waals surface area contributed by atoms with E-state index in [-0.39, 0.29) is 55.6 Å². The van der Waals surface area contributed by atoms with Crippen molar-refractivity contribution in [2.45, 2.75) is 26.4 Å². The molecule has 0 spiro atoms. The van der Waals surface area contributed by atoms with Crippen LogP contribution in [0.5, 0.6) is 5.75 Å². The van der Waals surface area contributed by atoms with Crippen molar-refractivity contribution in [2.24, 2.45) is 11.1 Å². The highest BCUT2D eigenvalue weighted by Gasteiger charge is 2.53. The lowest BCUT2D eigenvalue weighted by Gasteiger charge is -2.36. The SMILES string of the molecule is CCOC(=O)C1=C(S(=O)(=O)N2CCOC(COc3ccccc3)C2)C2(C)CC(Cl)=CC(N)=C2N1. The van der Waals surface area contributed by atoms with Crippen molar-refractivity contribution in [2.75, 3.05) is 32.9 Å². The standard InChI is InChI=1S/C23H28ClN3O6S/c1-3-31-22(28)19-21(23(2)12-15(24)11-18(25)20(23)26-19)34(29,30)27-9-10-32-17(13-27)14-33-16-7-5-4-6-8-16/h4-8,11,17,26H,3,9-10,12-14,25H2,1-2H3. The first-order chi connectivity index (χ1) is 16.2. The van der Waals surface area contributed by atoms with E-state index in [1.54, 1.807) is 19.9 Å². The van der Waals surface area contributed by atoms with Gasteiger partial charge >= 0.3 is 5.97 Å². The Morgan fingerprint density at radius 2 is 2.09 bits per heavy atom. The number of hydrogen-bond donors (Lipinski definition) is 2. The van der Waals surface area contributed by atoms with Gasteiger partial charge in [-0.05, 0) is 38.5 Å². The Kier molecular flexibility index (Phi) is 6.95. The van der Waals surface area contributed by atoms with E-state index in [1.165, 1.54) is 4.31 Å². The zero-order valence-corrected chi connectivity index (χ0v) is 20.6. The molecule has 0 amide bonds. The summed E-state index contributed by atoms with van der Waals surface area (Å²) in [5, 5.41) is 3.34. The quantitative estimate of drug-likeness (QED) is 0.537. The van der Waals surface area contributed by atoms with Crippen LogP contribution in [0, 0.1) is 5.41 Å². The van der Waals surface area contributed by atoms with Gasteiger partial charge in [-0.25, -0.2) is 13.2 Å². The van der Waals surface area contributed by atoms with E-state index in [0.717, 1.165) is 0 Å². The van der Waals surface area contributed by atoms with Crippen LogP contribution in [0.15, 0.2) is 63.4 Å². The van der Waals surface area contributed by atoms with Gasteiger partial charge in [-0.15, -0.1) is 0 Å². The third-order valence-electron chi connectivity index (χ3n) is 6.01. The smallest absolute Gasteiger partial charge is 0.355 e. The van der Waals surface area contributed by atoms with E-state index in [9.17, 15) is 13.2 Å². The molecular formula is C23H28ClN3O6S. The number of carbonyl (C=O) groups is 1. The zero-order valence-electron chi connectivity index (χ0n) is 19.0. The van der Waals surface area contributed by atoms with Gasteiger partial charge in [-0.2, -0.15) is 4.31 Å². The molecule has 3 aliphatic rings. The number of ether oxygens (including phenoxy) is 3. The van der Waals surface area contributed by atoms with E-state index in [0.29, 0.717) is 16.5 Å². The molecule has 184 valence electrons. The van der Waals surface area contributed by atoms with Gasteiger partial charge in [-0.3, -0.25) is 0 Å². The third-order valence-corrected chi connectivity index (χ3v) is 8.44. The molecule has 0 saturated carbocycles. The Morgan fingerprint density at radius 1 is 1.35 bits per heavy atom. The number of para-hydroxylation sites is 1. The summed E-state index contributed by atoms with van der Waals surface area (Å²) < 4.78 is 46.0. The van der Waals surface area contributed by atoms with Crippen LogP contribution in [-0.2, 0) is 24.3 Å². The second kappa shape index (κ2) is 9.61. The van der Waals surface area contributed by atoms with Crippen LogP contribution >= 0.6 is 11.6 Å². The topological polar surface area (TPSA) is 120 Å². The minimum absolute atomic E-state index is 0.0724. The number of morpholine rings is 1. The Labute approximate surface area is 204 Å². The van der Waals surface area contributed by atoms with Gasteiger partial charge in [-0.1, -0.05) is 29.8 Å². The first kappa shape index (κ1) is 24.6. The maximum atomic E-state index is 14.0. The molecule has 1 aliphatic carbocycles. The fourth-order valence-electron chi connectivity index (χ4n) is 4.51. The van der Waals surface area contributed by atoms with Crippen molar-refractivity contribution in [1.82, 2.24) is 9.62 Å². The average molecular weight is 510 g/mol. The van der Waals surface area contributed by atoms with E-state index in [4.69, 9.17) is 31.5 Å². The highest BCUT2D eigenvalue weighted by Crippen LogP contribution is 2.52. The molecule has 1 fully saturated rings. The highest BCUT2D eigenvalue weighted by atomic mass is 35.5. The number of halogens is 1. The molecule has 11 heteroatoms. The Balaban J connectivity index is 1.64. The van der Waals surface area contributed by atoms with Crippen molar-refractivity contribution >= 4 is 27.6 Å². The molecule has 4 rings (SSSR count). The number of nitrogens with two attached hydrogens (primary N) is 1. The lowest BCUT2D eigenvalue weighted by Crippen LogP contribution is -2.49. The minimum Gasteiger partial charge on any atom is -0.491 e. The molecule has 0 bridgehead atoms. The summed E-state index contributed by atoms with van der Waals surface area (Å²) in [6.45, 7) is 4.05. The summed E-state index contributed by atoms with van der Waals surface area (Å²) in [4.78, 5) is 12.7. The number of allylic oxidation sites excluding steroid dienone is 3. The summed E-state index contributed by atoms with van der Waals surface area (Å²) in [6.07, 6.45) is 1.27. The van der Waals surface area contributed by atoms with Crippen LogP contribution in [-0.4, -0.2) is 57.7 Å². The van der Waals surface area contributed by atoms with Crippen molar-refractivity contribution in [3.8, 4) is 5.75 Å². The lowest BCUT2D eigenvalue weighted by molar-refractivity contribution is -0.138. The van der Waals surface area contributed by atoms with Crippen molar-refractivity contribution in [1.29, 1.82) is 0 Å². The van der Waals surface area contributed by atoms with E-state index in [1.807, 2.05) is 30.3 Å². The monoisotopic (exact) mass is 509 g/mol. The van der Waals surface area contributed by atoms with E-state index < -0.39 is 27.5 Å². The summed E-state index contributed by atoms with van der Waals surface area (Å²) in [6, 6.07) is 9.22. The number of esters is 1. The molecule has 2 atom stereocenters. The summed E-state index contributed by atoms with van der Waals surface area (Å²) in [7, 11) is -4.13. The number of rotatable bonds is 7.